The van der Waals surface area contributed by atoms with Crippen molar-refractivity contribution < 1.29 is 9.59 Å². The van der Waals surface area contributed by atoms with Gasteiger partial charge in [0.1, 0.15) is 11.9 Å². The second-order valence-electron chi connectivity index (χ2n) is 8.25. The average molecular weight is 415 g/mol. The van der Waals surface area contributed by atoms with E-state index in [1.165, 1.54) is 0 Å². The molecule has 2 fully saturated rings. The van der Waals surface area contributed by atoms with Crippen LogP contribution in [0.25, 0.3) is 11.4 Å². The molecule has 158 valence electrons. The maximum atomic E-state index is 13.4. The number of benzene rings is 2. The lowest BCUT2D eigenvalue weighted by molar-refractivity contribution is -0.141. The predicted octanol–water partition coefficient (Wildman–Crippen LogP) is 4.04. The molecule has 2 aromatic carbocycles. The third kappa shape index (κ3) is 4.21. The minimum atomic E-state index is -0.650. The van der Waals surface area contributed by atoms with E-state index in [9.17, 15) is 9.59 Å². The van der Waals surface area contributed by atoms with E-state index < -0.39 is 6.04 Å². The van der Waals surface area contributed by atoms with Gasteiger partial charge in [-0.25, -0.2) is 4.98 Å². The van der Waals surface area contributed by atoms with Gasteiger partial charge in [-0.15, -0.1) is 0 Å². The van der Waals surface area contributed by atoms with Crippen molar-refractivity contribution in [3.8, 4) is 11.4 Å². The van der Waals surface area contributed by atoms with Crippen molar-refractivity contribution in [2.24, 2.45) is 0 Å². The minimum Gasteiger partial charge on any atom is -0.327 e. The lowest BCUT2D eigenvalue weighted by Crippen LogP contribution is -2.43. The molecule has 1 aliphatic carbocycles. The van der Waals surface area contributed by atoms with Gasteiger partial charge >= 0.3 is 0 Å². The number of hydrogen-bond donors (Lipinski definition) is 2. The van der Waals surface area contributed by atoms with Crippen LogP contribution >= 0.6 is 0 Å². The first-order valence-corrected chi connectivity index (χ1v) is 10.9. The molecular weight excluding hydrogens is 390 g/mol. The van der Waals surface area contributed by atoms with Crippen LogP contribution in [0.3, 0.4) is 0 Å². The van der Waals surface area contributed by atoms with Gasteiger partial charge in [-0.2, -0.15) is 5.10 Å². The van der Waals surface area contributed by atoms with Crippen molar-refractivity contribution in [2.75, 3.05) is 11.9 Å². The molecule has 1 aromatic heterocycles. The highest BCUT2D eigenvalue weighted by Crippen LogP contribution is 2.38. The number of rotatable bonds is 6. The number of likely N-dealkylation sites (tertiary alicyclic amines) is 1. The van der Waals surface area contributed by atoms with E-state index in [4.69, 9.17) is 0 Å². The quantitative estimate of drug-likeness (QED) is 0.636. The number of carbonyl (C=O) groups is 2. The van der Waals surface area contributed by atoms with Gasteiger partial charge in [-0.05, 0) is 43.4 Å². The van der Waals surface area contributed by atoms with Gasteiger partial charge in [0.2, 0.25) is 5.91 Å². The SMILES string of the molecule is O=C(Nc1cccc(-c2n[nH]c(C3CC3)n2)c1)[C@@H](c1ccccc1)N1CCCCC1=O. The van der Waals surface area contributed by atoms with Crippen molar-refractivity contribution >= 4 is 17.5 Å². The van der Waals surface area contributed by atoms with Crippen LogP contribution in [0.15, 0.2) is 54.6 Å². The number of aromatic nitrogens is 3. The fraction of sp³-hybridized carbons (Fsp3) is 0.333. The summed E-state index contributed by atoms with van der Waals surface area (Å²) < 4.78 is 0. The van der Waals surface area contributed by atoms with Crippen LogP contribution in [0, 0.1) is 0 Å². The van der Waals surface area contributed by atoms with Gasteiger partial charge in [0.15, 0.2) is 5.82 Å². The van der Waals surface area contributed by atoms with Crippen LogP contribution in [-0.2, 0) is 9.59 Å². The summed E-state index contributed by atoms with van der Waals surface area (Å²) >= 11 is 0. The van der Waals surface area contributed by atoms with E-state index in [-0.39, 0.29) is 11.8 Å². The molecule has 1 aliphatic heterocycles. The summed E-state index contributed by atoms with van der Waals surface area (Å²) in [5.41, 5.74) is 2.31. The molecule has 31 heavy (non-hydrogen) atoms. The summed E-state index contributed by atoms with van der Waals surface area (Å²) in [5.74, 6) is 1.86. The smallest absolute Gasteiger partial charge is 0.251 e. The number of amides is 2. The number of hydrogen-bond acceptors (Lipinski definition) is 4. The Bertz CT molecular complexity index is 1090. The van der Waals surface area contributed by atoms with Gasteiger partial charge in [0.05, 0.1) is 0 Å². The standard InChI is InChI=1S/C24H25N5O2/c30-20-11-4-5-14-29(20)21(16-7-2-1-3-8-16)24(31)25-19-10-6-9-18(15-19)23-26-22(27-28-23)17-12-13-17/h1-3,6-10,15,17,21H,4-5,11-14H2,(H,25,31)(H,26,27,28)/t21-/m1/s1. The second kappa shape index (κ2) is 8.34. The van der Waals surface area contributed by atoms with Crippen molar-refractivity contribution in [1.82, 2.24) is 20.1 Å². The normalized spacial score (nSPS) is 17.4. The number of piperidine rings is 1. The van der Waals surface area contributed by atoms with Crippen LogP contribution in [0.4, 0.5) is 5.69 Å². The average Bonchev–Trinajstić information content (AvgIpc) is 3.53. The van der Waals surface area contributed by atoms with Crippen molar-refractivity contribution in [1.29, 1.82) is 0 Å². The number of nitrogens with zero attached hydrogens (tertiary/aromatic N) is 3. The zero-order chi connectivity index (χ0) is 21.2. The molecule has 7 nitrogen and oxygen atoms in total. The summed E-state index contributed by atoms with van der Waals surface area (Å²) in [5, 5.41) is 10.4. The molecule has 2 heterocycles. The van der Waals surface area contributed by atoms with E-state index in [0.29, 0.717) is 30.4 Å². The van der Waals surface area contributed by atoms with Crippen molar-refractivity contribution in [2.45, 2.75) is 44.1 Å². The molecular formula is C24H25N5O2. The van der Waals surface area contributed by atoms with Gasteiger partial charge in [0, 0.05) is 30.1 Å². The van der Waals surface area contributed by atoms with Gasteiger partial charge in [-0.1, -0.05) is 42.5 Å². The highest BCUT2D eigenvalue weighted by molar-refractivity contribution is 5.98. The Morgan fingerprint density at radius 1 is 1.10 bits per heavy atom. The Kier molecular flexibility index (Phi) is 5.24. The second-order valence-corrected chi connectivity index (χ2v) is 8.25. The van der Waals surface area contributed by atoms with E-state index in [1.54, 1.807) is 4.90 Å². The molecule has 2 aliphatic rings. The van der Waals surface area contributed by atoms with Crippen molar-refractivity contribution in [3.63, 3.8) is 0 Å². The van der Waals surface area contributed by atoms with E-state index in [1.807, 2.05) is 54.6 Å². The summed E-state index contributed by atoms with van der Waals surface area (Å²) in [6, 6.07) is 16.4. The molecule has 0 bridgehead atoms. The highest BCUT2D eigenvalue weighted by atomic mass is 16.2. The highest BCUT2D eigenvalue weighted by Gasteiger charge is 2.33. The lowest BCUT2D eigenvalue weighted by atomic mass is 10.0. The molecule has 5 rings (SSSR count). The van der Waals surface area contributed by atoms with Crippen LogP contribution in [0.2, 0.25) is 0 Å². The Labute approximate surface area is 180 Å². The van der Waals surface area contributed by atoms with Gasteiger partial charge in [-0.3, -0.25) is 14.7 Å². The predicted molar refractivity (Wildman–Crippen MR) is 117 cm³/mol. The molecule has 7 heteroatoms. The summed E-state index contributed by atoms with van der Waals surface area (Å²) in [4.78, 5) is 32.3. The monoisotopic (exact) mass is 415 g/mol. The molecule has 0 spiro atoms. The fourth-order valence-electron chi connectivity index (χ4n) is 4.10. The zero-order valence-corrected chi connectivity index (χ0v) is 17.3. The molecule has 2 N–H and O–H groups in total. The van der Waals surface area contributed by atoms with E-state index >= 15 is 0 Å². The lowest BCUT2D eigenvalue weighted by Gasteiger charge is -2.34. The zero-order valence-electron chi connectivity index (χ0n) is 17.3. The molecule has 0 unspecified atom stereocenters. The molecule has 1 atom stereocenters. The fourth-order valence-corrected chi connectivity index (χ4v) is 4.10. The topological polar surface area (TPSA) is 91.0 Å². The first-order valence-electron chi connectivity index (χ1n) is 10.9. The maximum Gasteiger partial charge on any atom is 0.251 e. The molecule has 1 saturated heterocycles. The van der Waals surface area contributed by atoms with E-state index in [2.05, 4.69) is 20.5 Å². The number of carbonyl (C=O) groups excluding carboxylic acids is 2. The minimum absolute atomic E-state index is 0.0253. The molecule has 3 aromatic rings. The molecule has 0 radical (unpaired) electrons. The van der Waals surface area contributed by atoms with Crippen LogP contribution < -0.4 is 5.32 Å². The maximum absolute atomic E-state index is 13.4. The largest absolute Gasteiger partial charge is 0.327 e. The molecule has 2 amide bonds. The number of aromatic amines is 1. The van der Waals surface area contributed by atoms with Crippen LogP contribution in [0.5, 0.6) is 0 Å². The first-order chi connectivity index (χ1) is 15.2. The number of anilines is 1. The first kappa shape index (κ1) is 19.5. The molecule has 1 saturated carbocycles. The Morgan fingerprint density at radius 3 is 2.71 bits per heavy atom. The Morgan fingerprint density at radius 2 is 1.94 bits per heavy atom. The van der Waals surface area contributed by atoms with Gasteiger partial charge in [0.25, 0.3) is 5.91 Å². The summed E-state index contributed by atoms with van der Waals surface area (Å²) in [7, 11) is 0. The third-order valence-corrected chi connectivity index (χ3v) is 5.89. The van der Waals surface area contributed by atoms with Crippen molar-refractivity contribution in [3.05, 3.63) is 66.0 Å². The third-order valence-electron chi connectivity index (χ3n) is 5.89. The Balaban J connectivity index is 1.39. The van der Waals surface area contributed by atoms with Crippen LogP contribution in [-0.4, -0.2) is 38.4 Å². The van der Waals surface area contributed by atoms with E-state index in [0.717, 1.165) is 42.6 Å². The summed E-state index contributed by atoms with van der Waals surface area (Å²) in [6.07, 6.45) is 4.58. The van der Waals surface area contributed by atoms with Gasteiger partial charge < -0.3 is 10.2 Å². The summed E-state index contributed by atoms with van der Waals surface area (Å²) in [6.45, 7) is 0.590. The Hall–Kier alpha value is -3.48. The number of H-pyrrole nitrogens is 1. The van der Waals surface area contributed by atoms with Crippen LogP contribution in [0.1, 0.15) is 55.5 Å². The number of nitrogens with one attached hydrogen (secondary N) is 2.